The van der Waals surface area contributed by atoms with Crippen LogP contribution in [0.5, 0.6) is 5.75 Å². The molecule has 1 saturated carbocycles. The molecule has 1 aliphatic carbocycles. The van der Waals surface area contributed by atoms with Crippen LogP contribution in [0, 0.1) is 11.3 Å². The number of benzene rings is 1. The van der Waals surface area contributed by atoms with Crippen molar-refractivity contribution < 1.29 is 19.1 Å². The van der Waals surface area contributed by atoms with Crippen LogP contribution in [0.4, 0.5) is 0 Å². The summed E-state index contributed by atoms with van der Waals surface area (Å²) >= 11 is 0. The highest BCUT2D eigenvalue weighted by atomic mass is 16.5. The van der Waals surface area contributed by atoms with Gasteiger partial charge in [0.2, 0.25) is 0 Å². The van der Waals surface area contributed by atoms with Crippen LogP contribution in [0.15, 0.2) is 40.5 Å². The number of nitrogens with zero attached hydrogens (tertiary/aromatic N) is 1. The number of carbonyl (C=O) groups is 2. The number of carbonyl (C=O) groups excluding carboxylic acids is 2. The normalized spacial score (nSPS) is 24.2. The number of aliphatic imine (C=N–C) groups is 1. The van der Waals surface area contributed by atoms with E-state index in [1.54, 1.807) is 0 Å². The smallest absolute Gasteiger partial charge is 0.336 e. The van der Waals surface area contributed by atoms with Crippen molar-refractivity contribution in [2.45, 2.75) is 46.5 Å². The lowest BCUT2D eigenvalue weighted by molar-refractivity contribution is -0.136. The lowest BCUT2D eigenvalue weighted by Crippen LogP contribution is -2.44. The number of esters is 1. The third-order valence-corrected chi connectivity index (χ3v) is 5.30. The minimum absolute atomic E-state index is 0.118. The third kappa shape index (κ3) is 3.68. The standard InChI is InChI=1S/C22H27NO4/c1-6-27-15-9-7-8-14(10-15)19-18(21(25)26-5)13(2)23-16-11-22(3,4)12-17(24)20(16)19/h7-10,19-20H,6,11-12H2,1-5H3/t19-,20?/m0/s1. The number of ether oxygens (including phenoxy) is 2. The molecule has 1 heterocycles. The van der Waals surface area contributed by atoms with Gasteiger partial charge in [0.1, 0.15) is 11.5 Å². The second-order valence-electron chi connectivity index (χ2n) is 8.04. The summed E-state index contributed by atoms with van der Waals surface area (Å²) in [6, 6.07) is 7.64. The molecule has 144 valence electrons. The van der Waals surface area contributed by atoms with Gasteiger partial charge < -0.3 is 9.47 Å². The van der Waals surface area contributed by atoms with Gasteiger partial charge in [0.05, 0.1) is 25.2 Å². The molecule has 2 aliphatic rings. The number of rotatable bonds is 4. The summed E-state index contributed by atoms with van der Waals surface area (Å²) in [4.78, 5) is 30.4. The van der Waals surface area contributed by atoms with E-state index < -0.39 is 17.8 Å². The monoisotopic (exact) mass is 369 g/mol. The summed E-state index contributed by atoms with van der Waals surface area (Å²) in [5.74, 6) is -0.392. The van der Waals surface area contributed by atoms with E-state index >= 15 is 0 Å². The topological polar surface area (TPSA) is 65.0 Å². The van der Waals surface area contributed by atoms with Gasteiger partial charge in [-0.25, -0.2) is 4.79 Å². The van der Waals surface area contributed by atoms with Crippen LogP contribution in [0.1, 0.15) is 52.0 Å². The molecule has 0 N–H and O–H groups in total. The van der Waals surface area contributed by atoms with Gasteiger partial charge in [0, 0.05) is 23.7 Å². The van der Waals surface area contributed by atoms with Crippen LogP contribution in [0.2, 0.25) is 0 Å². The largest absolute Gasteiger partial charge is 0.494 e. The average molecular weight is 369 g/mol. The number of fused-ring (bicyclic) bond motifs is 1. The van der Waals surface area contributed by atoms with Crippen LogP contribution in [-0.4, -0.2) is 31.2 Å². The zero-order valence-electron chi connectivity index (χ0n) is 16.7. The molecule has 3 rings (SSSR count). The van der Waals surface area contributed by atoms with E-state index in [-0.39, 0.29) is 11.2 Å². The van der Waals surface area contributed by atoms with Gasteiger partial charge in [-0.3, -0.25) is 9.79 Å². The Labute approximate surface area is 160 Å². The Balaban J connectivity index is 2.16. The van der Waals surface area contributed by atoms with Crippen LogP contribution in [-0.2, 0) is 14.3 Å². The van der Waals surface area contributed by atoms with Crippen molar-refractivity contribution in [3.63, 3.8) is 0 Å². The quantitative estimate of drug-likeness (QED) is 0.750. The number of ketones is 1. The van der Waals surface area contributed by atoms with Gasteiger partial charge in [-0.2, -0.15) is 0 Å². The highest BCUT2D eigenvalue weighted by Crippen LogP contribution is 2.47. The fraction of sp³-hybridized carbons (Fsp3) is 0.500. The number of Topliss-reactive ketones (excluding diaryl/α,β-unsaturated/α-hetero) is 1. The van der Waals surface area contributed by atoms with Gasteiger partial charge in [0.15, 0.2) is 0 Å². The summed E-state index contributed by atoms with van der Waals surface area (Å²) in [5.41, 5.74) is 2.73. The summed E-state index contributed by atoms with van der Waals surface area (Å²) in [7, 11) is 1.36. The molecular weight excluding hydrogens is 342 g/mol. The third-order valence-electron chi connectivity index (χ3n) is 5.30. The molecule has 1 aromatic rings. The predicted molar refractivity (Wildman–Crippen MR) is 104 cm³/mol. The van der Waals surface area contributed by atoms with E-state index in [1.165, 1.54) is 7.11 Å². The first kappa shape index (κ1) is 19.3. The molecule has 5 nitrogen and oxygen atoms in total. The predicted octanol–water partition coefficient (Wildman–Crippen LogP) is 4.08. The van der Waals surface area contributed by atoms with Crippen LogP contribution in [0.3, 0.4) is 0 Å². The molecule has 1 unspecified atom stereocenters. The SMILES string of the molecule is CCOc1cccc([C@H]2C(C(=O)OC)=C(C)N=C3CC(C)(C)CC(=O)C32)c1. The van der Waals surface area contributed by atoms with Crippen LogP contribution >= 0.6 is 0 Å². The van der Waals surface area contributed by atoms with Crippen molar-refractivity contribution in [1.29, 1.82) is 0 Å². The van der Waals surface area contributed by atoms with E-state index in [0.29, 0.717) is 24.3 Å². The maximum absolute atomic E-state index is 13.1. The number of hydrogen-bond acceptors (Lipinski definition) is 5. The van der Waals surface area contributed by atoms with Crippen molar-refractivity contribution in [3.05, 3.63) is 41.1 Å². The molecule has 1 fully saturated rings. The van der Waals surface area contributed by atoms with Crippen LogP contribution < -0.4 is 4.74 Å². The summed E-state index contributed by atoms with van der Waals surface area (Å²) in [5, 5.41) is 0. The van der Waals surface area contributed by atoms with Gasteiger partial charge >= 0.3 is 5.97 Å². The van der Waals surface area contributed by atoms with Gasteiger partial charge in [0.25, 0.3) is 0 Å². The minimum atomic E-state index is -0.431. The first-order chi connectivity index (χ1) is 12.8. The van der Waals surface area contributed by atoms with E-state index in [2.05, 4.69) is 18.8 Å². The maximum atomic E-state index is 13.1. The van der Waals surface area contributed by atoms with Gasteiger partial charge in [-0.1, -0.05) is 26.0 Å². The number of allylic oxidation sites excluding steroid dienone is 1. The molecule has 5 heteroatoms. The molecule has 0 aromatic heterocycles. The first-order valence-corrected chi connectivity index (χ1v) is 9.39. The molecule has 1 aromatic carbocycles. The fourth-order valence-electron chi connectivity index (χ4n) is 4.29. The molecule has 2 atom stereocenters. The second-order valence-corrected chi connectivity index (χ2v) is 8.04. The van der Waals surface area contributed by atoms with E-state index in [9.17, 15) is 9.59 Å². The van der Waals surface area contributed by atoms with E-state index in [0.717, 1.165) is 23.4 Å². The van der Waals surface area contributed by atoms with E-state index in [1.807, 2.05) is 38.1 Å². The highest BCUT2D eigenvalue weighted by molar-refractivity contribution is 6.12. The summed E-state index contributed by atoms with van der Waals surface area (Å²) in [6.45, 7) is 8.47. The molecule has 0 spiro atoms. The molecule has 1 aliphatic heterocycles. The number of methoxy groups -OCH3 is 1. The fourth-order valence-corrected chi connectivity index (χ4v) is 4.29. The molecule has 27 heavy (non-hydrogen) atoms. The zero-order chi connectivity index (χ0) is 19.8. The highest BCUT2D eigenvalue weighted by Gasteiger charge is 2.47. The zero-order valence-corrected chi connectivity index (χ0v) is 16.7. The Morgan fingerprint density at radius 1 is 1.26 bits per heavy atom. The first-order valence-electron chi connectivity index (χ1n) is 9.39. The molecule has 0 saturated heterocycles. The Kier molecular flexibility index (Phi) is 5.22. The molecule has 0 radical (unpaired) electrons. The number of hydrogen-bond donors (Lipinski definition) is 0. The van der Waals surface area contributed by atoms with Crippen molar-refractivity contribution in [1.82, 2.24) is 0 Å². The van der Waals surface area contributed by atoms with Crippen molar-refractivity contribution in [2.24, 2.45) is 16.3 Å². The maximum Gasteiger partial charge on any atom is 0.336 e. The Morgan fingerprint density at radius 3 is 2.67 bits per heavy atom. The Hall–Kier alpha value is -2.43. The molecule has 0 amide bonds. The van der Waals surface area contributed by atoms with Gasteiger partial charge in [-0.15, -0.1) is 0 Å². The van der Waals surface area contributed by atoms with Crippen molar-refractivity contribution in [2.75, 3.05) is 13.7 Å². The van der Waals surface area contributed by atoms with Gasteiger partial charge in [-0.05, 0) is 43.4 Å². The second kappa shape index (κ2) is 7.29. The lowest BCUT2D eigenvalue weighted by Gasteiger charge is -2.41. The Morgan fingerprint density at radius 2 is 2.00 bits per heavy atom. The summed E-state index contributed by atoms with van der Waals surface area (Å²) in [6.07, 6.45) is 1.22. The van der Waals surface area contributed by atoms with Crippen molar-refractivity contribution >= 4 is 17.5 Å². The van der Waals surface area contributed by atoms with E-state index in [4.69, 9.17) is 9.47 Å². The van der Waals surface area contributed by atoms with Crippen molar-refractivity contribution in [3.8, 4) is 5.75 Å². The minimum Gasteiger partial charge on any atom is -0.494 e. The Bertz CT molecular complexity index is 834. The molecular formula is C22H27NO4. The van der Waals surface area contributed by atoms with Crippen LogP contribution in [0.25, 0.3) is 0 Å². The average Bonchev–Trinajstić information content (AvgIpc) is 2.59. The molecule has 0 bridgehead atoms. The summed E-state index contributed by atoms with van der Waals surface area (Å²) < 4.78 is 10.7. The lowest BCUT2D eigenvalue weighted by atomic mass is 9.63.